The van der Waals surface area contributed by atoms with Crippen molar-refractivity contribution in [2.75, 3.05) is 0 Å². The van der Waals surface area contributed by atoms with E-state index in [0.717, 1.165) is 40.6 Å². The van der Waals surface area contributed by atoms with Gasteiger partial charge in [0.2, 0.25) is 0 Å². The van der Waals surface area contributed by atoms with Crippen LogP contribution in [-0.4, -0.2) is 14.8 Å². The number of hydrogen-bond acceptors (Lipinski definition) is 2. The zero-order valence-corrected chi connectivity index (χ0v) is 10.4. The molecule has 1 unspecified atom stereocenters. The normalized spacial score (nSPS) is 18.9. The van der Waals surface area contributed by atoms with Crippen molar-refractivity contribution >= 4 is 17.0 Å². The summed E-state index contributed by atoms with van der Waals surface area (Å²) in [6.07, 6.45) is 5.48. The minimum Gasteiger partial charge on any atom is -0.390 e. The zero-order valence-electron chi connectivity index (χ0n) is 10.4. The lowest BCUT2D eigenvalue weighted by Crippen LogP contribution is -1.99. The molecule has 3 nitrogen and oxygen atoms in total. The van der Waals surface area contributed by atoms with Crippen LogP contribution in [0.3, 0.4) is 0 Å². The van der Waals surface area contributed by atoms with E-state index in [-0.39, 0.29) is 6.61 Å². The first-order chi connectivity index (χ1) is 8.70. The average Bonchev–Trinajstić information content (AvgIpc) is 2.57. The fourth-order valence-corrected chi connectivity index (χ4v) is 2.68. The summed E-state index contributed by atoms with van der Waals surface area (Å²) in [5.74, 6) is 0. The molecule has 0 aliphatic heterocycles. The SMILES string of the molecule is Cn1c(CO)cc2cc3c(cc21)C=CCCC3O. The highest BCUT2D eigenvalue weighted by molar-refractivity contribution is 5.85. The Morgan fingerprint density at radius 2 is 2.17 bits per heavy atom. The number of allylic oxidation sites excluding steroid dienone is 1. The maximum absolute atomic E-state index is 10.1. The number of aliphatic hydroxyl groups excluding tert-OH is 2. The summed E-state index contributed by atoms with van der Waals surface area (Å²) in [4.78, 5) is 0. The molecule has 0 amide bonds. The van der Waals surface area contributed by atoms with Gasteiger partial charge in [-0.05, 0) is 42.2 Å². The van der Waals surface area contributed by atoms with E-state index in [4.69, 9.17) is 0 Å². The lowest BCUT2D eigenvalue weighted by Gasteiger charge is -2.12. The van der Waals surface area contributed by atoms with Gasteiger partial charge in [0.1, 0.15) is 0 Å². The van der Waals surface area contributed by atoms with Crippen LogP contribution in [0.1, 0.15) is 35.8 Å². The Kier molecular flexibility index (Phi) is 2.73. The van der Waals surface area contributed by atoms with Gasteiger partial charge in [-0.3, -0.25) is 0 Å². The van der Waals surface area contributed by atoms with Gasteiger partial charge in [-0.15, -0.1) is 0 Å². The standard InChI is InChI=1S/C15H17NO2/c1-16-12(9-17)6-11-7-13-10(8-14(11)16)4-2-3-5-15(13)18/h2,4,6-8,15,17-18H,3,5,9H2,1H3. The number of hydrogen-bond donors (Lipinski definition) is 2. The van der Waals surface area contributed by atoms with Gasteiger partial charge in [0.05, 0.1) is 12.7 Å². The number of nitrogens with zero attached hydrogens (tertiary/aromatic N) is 1. The maximum atomic E-state index is 10.1. The molecule has 1 atom stereocenters. The highest BCUT2D eigenvalue weighted by atomic mass is 16.3. The summed E-state index contributed by atoms with van der Waals surface area (Å²) in [5.41, 5.74) is 4.06. The van der Waals surface area contributed by atoms with Gasteiger partial charge >= 0.3 is 0 Å². The van der Waals surface area contributed by atoms with Crippen LogP contribution >= 0.6 is 0 Å². The molecule has 1 heterocycles. The molecule has 94 valence electrons. The molecule has 1 aliphatic carbocycles. The van der Waals surface area contributed by atoms with Gasteiger partial charge in [0.15, 0.2) is 0 Å². The van der Waals surface area contributed by atoms with Crippen LogP contribution in [-0.2, 0) is 13.7 Å². The van der Waals surface area contributed by atoms with E-state index in [1.54, 1.807) is 0 Å². The molecule has 0 saturated carbocycles. The maximum Gasteiger partial charge on any atom is 0.0833 e. The molecular formula is C15H17NO2. The third kappa shape index (κ3) is 1.67. The molecule has 0 saturated heterocycles. The van der Waals surface area contributed by atoms with E-state index in [1.165, 1.54) is 0 Å². The first-order valence-electron chi connectivity index (χ1n) is 6.28. The summed E-state index contributed by atoms with van der Waals surface area (Å²) in [6.45, 7) is 0.0360. The number of rotatable bonds is 1. The largest absolute Gasteiger partial charge is 0.390 e. The third-order valence-electron chi connectivity index (χ3n) is 3.77. The van der Waals surface area contributed by atoms with Gasteiger partial charge in [0.25, 0.3) is 0 Å². The monoisotopic (exact) mass is 243 g/mol. The molecule has 1 aromatic heterocycles. The van der Waals surface area contributed by atoms with Crippen molar-refractivity contribution < 1.29 is 10.2 Å². The van der Waals surface area contributed by atoms with Crippen molar-refractivity contribution in [1.29, 1.82) is 0 Å². The van der Waals surface area contributed by atoms with E-state index in [0.29, 0.717) is 0 Å². The van der Waals surface area contributed by atoms with Crippen molar-refractivity contribution in [2.45, 2.75) is 25.6 Å². The molecule has 1 aromatic carbocycles. The lowest BCUT2D eigenvalue weighted by molar-refractivity contribution is 0.169. The van der Waals surface area contributed by atoms with Crippen LogP contribution in [0.5, 0.6) is 0 Å². The zero-order chi connectivity index (χ0) is 12.7. The third-order valence-corrected chi connectivity index (χ3v) is 3.77. The van der Waals surface area contributed by atoms with E-state index in [9.17, 15) is 10.2 Å². The van der Waals surface area contributed by atoms with Crippen molar-refractivity contribution in [3.63, 3.8) is 0 Å². The van der Waals surface area contributed by atoms with E-state index in [1.807, 2.05) is 23.7 Å². The minimum atomic E-state index is -0.391. The van der Waals surface area contributed by atoms with Crippen molar-refractivity contribution in [3.8, 4) is 0 Å². The summed E-state index contributed by atoms with van der Waals surface area (Å²) in [6, 6.07) is 6.12. The van der Waals surface area contributed by atoms with Gasteiger partial charge < -0.3 is 14.8 Å². The van der Waals surface area contributed by atoms with Crippen LogP contribution in [0.25, 0.3) is 17.0 Å². The molecular weight excluding hydrogens is 226 g/mol. The highest BCUT2D eigenvalue weighted by Gasteiger charge is 2.16. The molecule has 3 rings (SSSR count). The predicted octanol–water partition coefficient (Wildman–Crippen LogP) is 2.51. The first-order valence-corrected chi connectivity index (χ1v) is 6.28. The van der Waals surface area contributed by atoms with E-state index < -0.39 is 6.10 Å². The molecule has 0 bridgehead atoms. The Bertz CT molecular complexity index is 625. The number of benzene rings is 1. The minimum absolute atomic E-state index is 0.0360. The molecule has 3 heteroatoms. The number of aliphatic hydroxyl groups is 2. The quantitative estimate of drug-likeness (QED) is 0.808. The molecule has 2 N–H and O–H groups in total. The van der Waals surface area contributed by atoms with Crippen molar-refractivity contribution in [1.82, 2.24) is 4.57 Å². The molecule has 0 spiro atoms. The Morgan fingerprint density at radius 3 is 2.94 bits per heavy atom. The van der Waals surface area contributed by atoms with Gasteiger partial charge in [0, 0.05) is 23.6 Å². The molecule has 2 aromatic rings. The summed E-state index contributed by atoms with van der Waals surface area (Å²) in [5, 5.41) is 20.5. The fraction of sp³-hybridized carbons (Fsp3) is 0.333. The average molecular weight is 243 g/mol. The second-order valence-electron chi connectivity index (χ2n) is 4.89. The molecule has 18 heavy (non-hydrogen) atoms. The Morgan fingerprint density at radius 1 is 1.33 bits per heavy atom. The van der Waals surface area contributed by atoms with Gasteiger partial charge in [-0.25, -0.2) is 0 Å². The number of fused-ring (bicyclic) bond motifs is 2. The predicted molar refractivity (Wildman–Crippen MR) is 72.1 cm³/mol. The van der Waals surface area contributed by atoms with E-state index in [2.05, 4.69) is 18.2 Å². The highest BCUT2D eigenvalue weighted by Crippen LogP contribution is 2.32. The summed E-state index contributed by atoms with van der Waals surface area (Å²) in [7, 11) is 1.96. The second kappa shape index (κ2) is 4.26. The number of aromatic nitrogens is 1. The Labute approximate surface area is 106 Å². The number of aryl methyl sites for hydroxylation is 1. The van der Waals surface area contributed by atoms with Crippen LogP contribution in [0, 0.1) is 0 Å². The second-order valence-corrected chi connectivity index (χ2v) is 4.89. The Balaban J connectivity index is 2.27. The molecule has 0 fully saturated rings. The molecule has 0 radical (unpaired) electrons. The summed E-state index contributed by atoms with van der Waals surface area (Å²) >= 11 is 0. The first kappa shape index (κ1) is 11.5. The topological polar surface area (TPSA) is 45.4 Å². The van der Waals surface area contributed by atoms with Gasteiger partial charge in [-0.2, -0.15) is 0 Å². The van der Waals surface area contributed by atoms with E-state index >= 15 is 0 Å². The van der Waals surface area contributed by atoms with Crippen molar-refractivity contribution in [3.05, 3.63) is 41.1 Å². The van der Waals surface area contributed by atoms with Crippen LogP contribution in [0.2, 0.25) is 0 Å². The molecule has 1 aliphatic rings. The Hall–Kier alpha value is -1.58. The fourth-order valence-electron chi connectivity index (χ4n) is 2.68. The van der Waals surface area contributed by atoms with Crippen LogP contribution in [0.15, 0.2) is 24.3 Å². The van der Waals surface area contributed by atoms with Crippen LogP contribution in [0.4, 0.5) is 0 Å². The summed E-state index contributed by atoms with van der Waals surface area (Å²) < 4.78 is 2.00. The van der Waals surface area contributed by atoms with Crippen LogP contribution < -0.4 is 0 Å². The van der Waals surface area contributed by atoms with Crippen molar-refractivity contribution in [2.24, 2.45) is 7.05 Å². The smallest absolute Gasteiger partial charge is 0.0833 e. The van der Waals surface area contributed by atoms with Gasteiger partial charge in [-0.1, -0.05) is 12.2 Å². The lowest BCUT2D eigenvalue weighted by atomic mass is 10.00.